The lowest BCUT2D eigenvalue weighted by atomic mass is 9.91. The lowest BCUT2D eigenvalue weighted by molar-refractivity contribution is -0.118. The Balaban J connectivity index is 2.63. The molecule has 20 heavy (non-hydrogen) atoms. The van der Waals surface area contributed by atoms with Gasteiger partial charge in [0.25, 0.3) is 0 Å². The van der Waals surface area contributed by atoms with Gasteiger partial charge in [-0.2, -0.15) is 0 Å². The van der Waals surface area contributed by atoms with Crippen molar-refractivity contribution in [3.63, 3.8) is 0 Å². The summed E-state index contributed by atoms with van der Waals surface area (Å²) >= 11 is 0. The minimum absolute atomic E-state index is 0.126. The number of amides is 1. The number of likely N-dealkylation sites (N-methyl/N-ethyl adjacent to an activating group) is 1. The van der Waals surface area contributed by atoms with Gasteiger partial charge in [-0.05, 0) is 44.2 Å². The first-order chi connectivity index (χ1) is 9.47. The molecule has 0 bridgehead atoms. The molecule has 0 aromatic heterocycles. The number of hydrogen-bond donors (Lipinski definition) is 2. The minimum atomic E-state index is -0.320. The zero-order valence-corrected chi connectivity index (χ0v) is 12.4. The summed E-state index contributed by atoms with van der Waals surface area (Å²) < 4.78 is 12.8. The third-order valence-electron chi connectivity index (χ3n) is 4.01. The van der Waals surface area contributed by atoms with E-state index in [1.807, 2.05) is 11.9 Å². The topological polar surface area (TPSA) is 58.4 Å². The third-order valence-corrected chi connectivity index (χ3v) is 4.01. The van der Waals surface area contributed by atoms with Crippen molar-refractivity contribution in [3.8, 4) is 0 Å². The highest BCUT2D eigenvalue weighted by molar-refractivity contribution is 5.92. The summed E-state index contributed by atoms with van der Waals surface area (Å²) in [7, 11) is 1.91. The molecule has 1 aromatic carbocycles. The first kappa shape index (κ1) is 16.6. The van der Waals surface area contributed by atoms with E-state index in [1.165, 1.54) is 12.1 Å². The average molecular weight is 281 g/mol. The number of halogens is 1. The number of nitrogens with one attached hydrogen (secondary N) is 1. The highest BCUT2D eigenvalue weighted by atomic mass is 19.1. The Morgan fingerprint density at radius 1 is 1.30 bits per heavy atom. The van der Waals surface area contributed by atoms with Crippen LogP contribution < -0.4 is 11.1 Å². The molecule has 0 aliphatic carbocycles. The summed E-state index contributed by atoms with van der Waals surface area (Å²) in [5.74, 6) is -0.446. The van der Waals surface area contributed by atoms with Crippen LogP contribution in [0.5, 0.6) is 0 Å². The van der Waals surface area contributed by atoms with Crippen LogP contribution in [0.2, 0.25) is 0 Å². The first-order valence-electron chi connectivity index (χ1n) is 6.94. The van der Waals surface area contributed by atoms with Crippen LogP contribution >= 0.6 is 0 Å². The van der Waals surface area contributed by atoms with Crippen molar-refractivity contribution in [1.82, 2.24) is 4.90 Å². The largest absolute Gasteiger partial charge is 0.329 e. The Morgan fingerprint density at radius 2 is 1.85 bits per heavy atom. The van der Waals surface area contributed by atoms with Crippen LogP contribution in [-0.4, -0.2) is 36.5 Å². The predicted octanol–water partition coefficient (Wildman–Crippen LogP) is 2.21. The number of anilines is 1. The van der Waals surface area contributed by atoms with Gasteiger partial charge >= 0.3 is 0 Å². The van der Waals surface area contributed by atoms with E-state index < -0.39 is 0 Å². The summed E-state index contributed by atoms with van der Waals surface area (Å²) in [6, 6.07) is 5.73. The van der Waals surface area contributed by atoms with Gasteiger partial charge in [0, 0.05) is 17.8 Å². The van der Waals surface area contributed by atoms with Crippen LogP contribution in [0, 0.1) is 5.82 Å². The quantitative estimate of drug-likeness (QED) is 0.805. The fraction of sp³-hybridized carbons (Fsp3) is 0.533. The molecule has 1 rings (SSSR count). The van der Waals surface area contributed by atoms with Gasteiger partial charge in [-0.3, -0.25) is 9.69 Å². The van der Waals surface area contributed by atoms with Crippen molar-refractivity contribution < 1.29 is 9.18 Å². The molecule has 5 heteroatoms. The summed E-state index contributed by atoms with van der Waals surface area (Å²) in [5, 5.41) is 2.76. The smallest absolute Gasteiger partial charge is 0.238 e. The molecule has 1 aromatic rings. The Labute approximate surface area is 120 Å². The molecule has 0 atom stereocenters. The van der Waals surface area contributed by atoms with E-state index >= 15 is 0 Å². The SMILES string of the molecule is CCC(CC)(CN)N(C)CC(=O)Nc1ccc(F)cc1. The van der Waals surface area contributed by atoms with Crippen LogP contribution in [0.3, 0.4) is 0 Å². The summed E-state index contributed by atoms with van der Waals surface area (Å²) in [6.45, 7) is 4.92. The van der Waals surface area contributed by atoms with Gasteiger partial charge in [0.2, 0.25) is 5.91 Å². The maximum absolute atomic E-state index is 12.8. The molecule has 112 valence electrons. The molecule has 3 N–H and O–H groups in total. The maximum Gasteiger partial charge on any atom is 0.238 e. The molecule has 0 heterocycles. The highest BCUT2D eigenvalue weighted by Crippen LogP contribution is 2.21. The van der Waals surface area contributed by atoms with Crippen molar-refractivity contribution in [1.29, 1.82) is 0 Å². The van der Waals surface area contributed by atoms with Crippen LogP contribution in [-0.2, 0) is 4.79 Å². The molecular weight excluding hydrogens is 257 g/mol. The first-order valence-corrected chi connectivity index (χ1v) is 6.94. The zero-order chi connectivity index (χ0) is 15.2. The molecule has 0 saturated carbocycles. The molecule has 0 radical (unpaired) electrons. The molecule has 1 amide bonds. The third kappa shape index (κ3) is 4.02. The number of rotatable bonds is 7. The second kappa shape index (κ2) is 7.36. The van der Waals surface area contributed by atoms with Crippen molar-refractivity contribution in [2.24, 2.45) is 5.73 Å². The summed E-state index contributed by atoms with van der Waals surface area (Å²) in [6.07, 6.45) is 1.78. The van der Waals surface area contributed by atoms with Crippen molar-refractivity contribution in [3.05, 3.63) is 30.1 Å². The van der Waals surface area contributed by atoms with Crippen molar-refractivity contribution in [2.75, 3.05) is 25.5 Å². The lowest BCUT2D eigenvalue weighted by Gasteiger charge is -2.39. The number of nitrogens with two attached hydrogens (primary N) is 1. The van der Waals surface area contributed by atoms with Gasteiger partial charge < -0.3 is 11.1 Å². The van der Waals surface area contributed by atoms with Gasteiger partial charge in [0.15, 0.2) is 0 Å². The van der Waals surface area contributed by atoms with Gasteiger partial charge in [0.05, 0.1) is 6.54 Å². The standard InChI is InChI=1S/C15H24FN3O/c1-4-15(5-2,11-17)19(3)10-14(20)18-13-8-6-12(16)7-9-13/h6-9H,4-5,10-11,17H2,1-3H3,(H,18,20). The Hall–Kier alpha value is -1.46. The second-order valence-electron chi connectivity index (χ2n) is 5.05. The average Bonchev–Trinajstić information content (AvgIpc) is 2.44. The van der Waals surface area contributed by atoms with Gasteiger partial charge in [0.1, 0.15) is 5.82 Å². The van der Waals surface area contributed by atoms with E-state index in [0.29, 0.717) is 12.2 Å². The normalized spacial score (nSPS) is 11.7. The Kier molecular flexibility index (Phi) is 6.10. The van der Waals surface area contributed by atoms with Gasteiger partial charge in [-0.1, -0.05) is 13.8 Å². The van der Waals surface area contributed by atoms with Crippen molar-refractivity contribution >= 4 is 11.6 Å². The van der Waals surface area contributed by atoms with Crippen LogP contribution in [0.15, 0.2) is 24.3 Å². The molecule has 0 saturated heterocycles. The fourth-order valence-electron chi connectivity index (χ4n) is 2.35. The summed E-state index contributed by atoms with van der Waals surface area (Å²) in [5.41, 5.74) is 6.30. The second-order valence-corrected chi connectivity index (χ2v) is 5.05. The Bertz CT molecular complexity index is 421. The molecular formula is C15H24FN3O. The lowest BCUT2D eigenvalue weighted by Crippen LogP contribution is -2.53. The van der Waals surface area contributed by atoms with E-state index in [2.05, 4.69) is 19.2 Å². The molecule has 0 spiro atoms. The van der Waals surface area contributed by atoms with Crippen molar-refractivity contribution in [2.45, 2.75) is 32.2 Å². The summed E-state index contributed by atoms with van der Waals surface area (Å²) in [4.78, 5) is 14.0. The molecule has 0 aliphatic heterocycles. The molecule has 0 unspecified atom stereocenters. The van der Waals surface area contributed by atoms with E-state index in [9.17, 15) is 9.18 Å². The van der Waals surface area contributed by atoms with Crippen LogP contribution in [0.1, 0.15) is 26.7 Å². The maximum atomic E-state index is 12.8. The van der Waals surface area contributed by atoms with E-state index in [-0.39, 0.29) is 23.8 Å². The monoisotopic (exact) mass is 281 g/mol. The van der Waals surface area contributed by atoms with Crippen LogP contribution in [0.25, 0.3) is 0 Å². The van der Waals surface area contributed by atoms with E-state index in [4.69, 9.17) is 5.73 Å². The molecule has 0 aliphatic rings. The minimum Gasteiger partial charge on any atom is -0.329 e. The fourth-order valence-corrected chi connectivity index (χ4v) is 2.35. The Morgan fingerprint density at radius 3 is 2.30 bits per heavy atom. The van der Waals surface area contributed by atoms with E-state index in [1.54, 1.807) is 12.1 Å². The van der Waals surface area contributed by atoms with Gasteiger partial charge in [-0.15, -0.1) is 0 Å². The zero-order valence-electron chi connectivity index (χ0n) is 12.4. The molecule has 4 nitrogen and oxygen atoms in total. The molecule has 0 fully saturated rings. The number of carbonyl (C=O) groups is 1. The predicted molar refractivity (Wildman–Crippen MR) is 80.0 cm³/mol. The number of benzene rings is 1. The number of nitrogens with zero attached hydrogens (tertiary/aromatic N) is 1. The van der Waals surface area contributed by atoms with E-state index in [0.717, 1.165) is 12.8 Å². The van der Waals surface area contributed by atoms with Crippen LogP contribution in [0.4, 0.5) is 10.1 Å². The highest BCUT2D eigenvalue weighted by Gasteiger charge is 2.30. The number of carbonyl (C=O) groups excluding carboxylic acids is 1. The number of hydrogen-bond acceptors (Lipinski definition) is 3. The van der Waals surface area contributed by atoms with Gasteiger partial charge in [-0.25, -0.2) is 4.39 Å².